The Morgan fingerprint density at radius 2 is 2.00 bits per heavy atom. The summed E-state index contributed by atoms with van der Waals surface area (Å²) < 4.78 is 11.4. The van der Waals surface area contributed by atoms with Gasteiger partial charge < -0.3 is 9.47 Å². The predicted octanol–water partition coefficient (Wildman–Crippen LogP) is 2.68. The molecule has 1 saturated heterocycles. The molecular weight excluding hydrogens is 164 g/mol. The van der Waals surface area contributed by atoms with Crippen LogP contribution < -0.4 is 0 Å². The minimum absolute atomic E-state index is 0.0908. The van der Waals surface area contributed by atoms with Crippen LogP contribution in [0.2, 0.25) is 0 Å². The van der Waals surface area contributed by atoms with E-state index in [0.29, 0.717) is 6.10 Å². The average molecular weight is 183 g/mol. The summed E-state index contributed by atoms with van der Waals surface area (Å²) in [5, 5.41) is 0. The second-order valence-electron chi connectivity index (χ2n) is 3.99. The lowest BCUT2D eigenvalue weighted by molar-refractivity contribution is -0.184. The Morgan fingerprint density at radius 3 is 2.69 bits per heavy atom. The van der Waals surface area contributed by atoms with Gasteiger partial charge in [-0.1, -0.05) is 12.8 Å². The molecule has 2 atom stereocenters. The van der Waals surface area contributed by atoms with Crippen LogP contribution in [0.3, 0.4) is 0 Å². The van der Waals surface area contributed by atoms with E-state index in [1.165, 1.54) is 38.5 Å². The lowest BCUT2D eigenvalue weighted by Gasteiger charge is -2.29. The van der Waals surface area contributed by atoms with Gasteiger partial charge in [0.1, 0.15) is 0 Å². The molecule has 0 amide bonds. The molecule has 2 nitrogen and oxygen atoms in total. The summed E-state index contributed by atoms with van der Waals surface area (Å²) in [5.74, 6) is 0. The van der Waals surface area contributed by atoms with Gasteiger partial charge in [-0.15, -0.1) is 0 Å². The van der Waals surface area contributed by atoms with E-state index in [2.05, 4.69) is 6.42 Å². The lowest BCUT2D eigenvalue weighted by atomic mass is 9.98. The van der Waals surface area contributed by atoms with Crippen LogP contribution in [0.5, 0.6) is 0 Å². The predicted molar refractivity (Wildman–Crippen MR) is 51.2 cm³/mol. The summed E-state index contributed by atoms with van der Waals surface area (Å²) in [6, 6.07) is 0. The molecule has 1 aliphatic heterocycles. The molecule has 1 aliphatic carbocycles. The van der Waals surface area contributed by atoms with E-state index >= 15 is 0 Å². The second-order valence-corrected chi connectivity index (χ2v) is 3.99. The number of rotatable bonds is 2. The molecule has 0 aromatic heterocycles. The first-order valence-corrected chi connectivity index (χ1v) is 5.55. The fourth-order valence-electron chi connectivity index (χ4n) is 2.05. The molecular formula is C11H19O2. The van der Waals surface area contributed by atoms with E-state index in [1.807, 2.05) is 0 Å². The quantitative estimate of drug-likeness (QED) is 0.655. The van der Waals surface area contributed by atoms with Gasteiger partial charge in [0.25, 0.3) is 0 Å². The molecule has 2 fully saturated rings. The van der Waals surface area contributed by atoms with E-state index < -0.39 is 0 Å². The van der Waals surface area contributed by atoms with Gasteiger partial charge in [0.2, 0.25) is 0 Å². The minimum Gasteiger partial charge on any atom is -0.353 e. The molecule has 75 valence electrons. The van der Waals surface area contributed by atoms with E-state index in [9.17, 15) is 0 Å². The van der Waals surface area contributed by atoms with Crippen molar-refractivity contribution in [2.75, 3.05) is 6.61 Å². The zero-order chi connectivity index (χ0) is 8.93. The Morgan fingerprint density at radius 1 is 1.08 bits per heavy atom. The maximum Gasteiger partial charge on any atom is 0.157 e. The van der Waals surface area contributed by atoms with Crippen molar-refractivity contribution in [3.63, 3.8) is 0 Å². The summed E-state index contributed by atoms with van der Waals surface area (Å²) in [4.78, 5) is 0. The van der Waals surface area contributed by atoms with Crippen molar-refractivity contribution < 1.29 is 9.47 Å². The minimum atomic E-state index is 0.0908. The van der Waals surface area contributed by atoms with Crippen molar-refractivity contribution in [1.29, 1.82) is 0 Å². The third-order valence-corrected chi connectivity index (χ3v) is 2.84. The van der Waals surface area contributed by atoms with E-state index in [1.54, 1.807) is 0 Å². The van der Waals surface area contributed by atoms with Crippen LogP contribution in [-0.4, -0.2) is 19.0 Å². The van der Waals surface area contributed by atoms with Crippen LogP contribution in [0.4, 0.5) is 0 Å². The molecule has 1 heterocycles. The largest absolute Gasteiger partial charge is 0.353 e. The summed E-state index contributed by atoms with van der Waals surface area (Å²) in [6.07, 6.45) is 11.4. The first kappa shape index (κ1) is 9.47. The zero-order valence-electron chi connectivity index (χ0n) is 8.21. The van der Waals surface area contributed by atoms with Crippen molar-refractivity contribution in [3.05, 3.63) is 6.42 Å². The summed E-state index contributed by atoms with van der Waals surface area (Å²) >= 11 is 0. The van der Waals surface area contributed by atoms with Gasteiger partial charge in [-0.05, 0) is 38.5 Å². The molecule has 2 heteroatoms. The van der Waals surface area contributed by atoms with Gasteiger partial charge >= 0.3 is 0 Å². The standard InChI is InChI=1S/C11H19O2/c1-2-6-10(7-3-1)13-11-8-4-5-9-12-11/h6,10-11H,1-5,7-9H2. The first-order chi connectivity index (χ1) is 6.45. The second kappa shape index (κ2) is 4.97. The normalized spacial score (nSPS) is 31.8. The molecule has 0 aromatic carbocycles. The Hall–Kier alpha value is -0.0800. The topological polar surface area (TPSA) is 18.5 Å². The molecule has 1 radical (unpaired) electrons. The van der Waals surface area contributed by atoms with Gasteiger partial charge in [-0.25, -0.2) is 0 Å². The highest BCUT2D eigenvalue weighted by molar-refractivity contribution is 4.82. The Labute approximate surface area is 80.6 Å². The van der Waals surface area contributed by atoms with Gasteiger partial charge in [-0.2, -0.15) is 0 Å². The third-order valence-electron chi connectivity index (χ3n) is 2.84. The highest BCUT2D eigenvalue weighted by Gasteiger charge is 2.21. The molecule has 0 bridgehead atoms. The average Bonchev–Trinajstić information content (AvgIpc) is 2.21. The number of ether oxygens (including phenoxy) is 2. The summed E-state index contributed by atoms with van der Waals surface area (Å²) in [6.45, 7) is 0.886. The molecule has 0 aromatic rings. The molecule has 0 spiro atoms. The summed E-state index contributed by atoms with van der Waals surface area (Å²) in [5.41, 5.74) is 0. The molecule has 1 saturated carbocycles. The molecule has 2 unspecified atom stereocenters. The van der Waals surface area contributed by atoms with E-state index in [4.69, 9.17) is 9.47 Å². The van der Waals surface area contributed by atoms with Crippen LogP contribution in [-0.2, 0) is 9.47 Å². The van der Waals surface area contributed by atoms with Gasteiger partial charge in [-0.3, -0.25) is 0 Å². The number of hydrogen-bond acceptors (Lipinski definition) is 2. The first-order valence-electron chi connectivity index (χ1n) is 5.55. The monoisotopic (exact) mass is 183 g/mol. The van der Waals surface area contributed by atoms with Crippen LogP contribution in [0, 0.1) is 6.42 Å². The van der Waals surface area contributed by atoms with Crippen molar-refractivity contribution in [1.82, 2.24) is 0 Å². The molecule has 0 N–H and O–H groups in total. The molecule has 2 rings (SSSR count). The fourth-order valence-corrected chi connectivity index (χ4v) is 2.05. The maximum absolute atomic E-state index is 5.85. The Balaban J connectivity index is 1.69. The fraction of sp³-hybridized carbons (Fsp3) is 0.909. The Bertz CT molecular complexity index is 119. The highest BCUT2D eigenvalue weighted by atomic mass is 16.7. The van der Waals surface area contributed by atoms with Crippen LogP contribution >= 0.6 is 0 Å². The maximum atomic E-state index is 5.85. The van der Waals surface area contributed by atoms with Crippen molar-refractivity contribution in [2.24, 2.45) is 0 Å². The molecule has 13 heavy (non-hydrogen) atoms. The lowest BCUT2D eigenvalue weighted by Crippen LogP contribution is -2.29. The van der Waals surface area contributed by atoms with Crippen molar-refractivity contribution in [3.8, 4) is 0 Å². The third kappa shape index (κ3) is 2.96. The Kier molecular flexibility index (Phi) is 3.62. The van der Waals surface area contributed by atoms with Gasteiger partial charge in [0.05, 0.1) is 6.10 Å². The van der Waals surface area contributed by atoms with E-state index in [0.717, 1.165) is 13.0 Å². The van der Waals surface area contributed by atoms with Crippen LogP contribution in [0.25, 0.3) is 0 Å². The molecule has 2 aliphatic rings. The van der Waals surface area contributed by atoms with Gasteiger partial charge in [0, 0.05) is 6.61 Å². The van der Waals surface area contributed by atoms with Crippen LogP contribution in [0.1, 0.15) is 44.9 Å². The number of hydrogen-bond donors (Lipinski definition) is 0. The van der Waals surface area contributed by atoms with Crippen molar-refractivity contribution in [2.45, 2.75) is 57.3 Å². The summed E-state index contributed by atoms with van der Waals surface area (Å²) in [7, 11) is 0. The van der Waals surface area contributed by atoms with E-state index in [-0.39, 0.29) is 6.29 Å². The van der Waals surface area contributed by atoms with Gasteiger partial charge in [0.15, 0.2) is 6.29 Å². The van der Waals surface area contributed by atoms with Crippen molar-refractivity contribution >= 4 is 0 Å². The SMILES string of the molecule is [CH]1CCCCC1OC1CCCCO1. The smallest absolute Gasteiger partial charge is 0.157 e. The zero-order valence-corrected chi connectivity index (χ0v) is 8.21. The van der Waals surface area contributed by atoms with Crippen LogP contribution in [0.15, 0.2) is 0 Å². The highest BCUT2D eigenvalue weighted by Crippen LogP contribution is 2.23.